The molecule has 1 aliphatic carbocycles. The number of rotatable bonds is 7. The number of nitrogens with one attached hydrogen (secondary N) is 3. The van der Waals surface area contributed by atoms with E-state index in [0.29, 0.717) is 19.0 Å². The molecule has 1 aliphatic rings. The molecule has 1 saturated carbocycles. The van der Waals surface area contributed by atoms with E-state index < -0.39 is 0 Å². The zero-order valence-electron chi connectivity index (χ0n) is 10.9. The molecule has 0 spiro atoms. The van der Waals surface area contributed by atoms with Gasteiger partial charge in [0, 0.05) is 25.4 Å². The van der Waals surface area contributed by atoms with Crippen LogP contribution in [0.25, 0.3) is 0 Å². The van der Waals surface area contributed by atoms with Gasteiger partial charge in [0.05, 0.1) is 6.54 Å². The normalized spacial score (nSPS) is 21.0. The molecule has 0 heterocycles. The van der Waals surface area contributed by atoms with Crippen LogP contribution in [0.3, 0.4) is 0 Å². The van der Waals surface area contributed by atoms with Gasteiger partial charge in [-0.05, 0) is 19.3 Å². The minimum absolute atomic E-state index is 0.0136. The van der Waals surface area contributed by atoms with Crippen molar-refractivity contribution in [2.24, 2.45) is 11.8 Å². The third kappa shape index (κ3) is 5.16. The van der Waals surface area contributed by atoms with E-state index in [9.17, 15) is 14.4 Å². The van der Waals surface area contributed by atoms with Gasteiger partial charge in [-0.25, -0.2) is 0 Å². The molecule has 0 aromatic rings. The first-order valence-corrected chi connectivity index (χ1v) is 6.35. The maximum Gasteiger partial charge on any atom is 0.239 e. The van der Waals surface area contributed by atoms with Gasteiger partial charge in [0.2, 0.25) is 17.7 Å². The molecule has 6 heteroatoms. The molecule has 0 aliphatic heterocycles. The fourth-order valence-electron chi connectivity index (χ4n) is 1.64. The van der Waals surface area contributed by atoms with E-state index in [0.717, 1.165) is 6.42 Å². The standard InChI is InChI=1S/C12H21N3O3/c1-3-13-11(17)7-15-10(16)4-5-14-12(18)9-6-8(9)2/h8-9H,3-7H2,1-2H3,(H,13,17)(H,14,18)(H,15,16)/t8-,9-/m0/s1. The van der Waals surface area contributed by atoms with E-state index in [1.54, 1.807) is 0 Å². The minimum Gasteiger partial charge on any atom is -0.355 e. The van der Waals surface area contributed by atoms with Crippen molar-refractivity contribution in [3.8, 4) is 0 Å². The summed E-state index contributed by atoms with van der Waals surface area (Å²) in [5, 5.41) is 7.79. The number of carbonyl (C=O) groups is 3. The second kappa shape index (κ2) is 6.98. The number of likely N-dealkylation sites (N-methyl/N-ethyl adjacent to an activating group) is 1. The number of carbonyl (C=O) groups excluding carboxylic acids is 3. The molecule has 18 heavy (non-hydrogen) atoms. The van der Waals surface area contributed by atoms with Gasteiger partial charge < -0.3 is 16.0 Å². The summed E-state index contributed by atoms with van der Waals surface area (Å²) in [6.45, 7) is 4.70. The Kier molecular flexibility index (Phi) is 5.61. The topological polar surface area (TPSA) is 87.3 Å². The quantitative estimate of drug-likeness (QED) is 0.568. The van der Waals surface area contributed by atoms with E-state index in [1.165, 1.54) is 0 Å². The summed E-state index contributed by atoms with van der Waals surface area (Å²) in [6, 6.07) is 0. The Morgan fingerprint density at radius 1 is 1.11 bits per heavy atom. The van der Waals surface area contributed by atoms with Crippen molar-refractivity contribution in [2.75, 3.05) is 19.6 Å². The van der Waals surface area contributed by atoms with Crippen molar-refractivity contribution in [1.29, 1.82) is 0 Å². The summed E-state index contributed by atoms with van der Waals surface area (Å²) in [4.78, 5) is 33.8. The summed E-state index contributed by atoms with van der Waals surface area (Å²) in [7, 11) is 0. The van der Waals surface area contributed by atoms with Crippen LogP contribution >= 0.6 is 0 Å². The first kappa shape index (κ1) is 14.5. The second-order valence-corrected chi connectivity index (χ2v) is 4.59. The second-order valence-electron chi connectivity index (χ2n) is 4.59. The molecule has 0 saturated heterocycles. The van der Waals surface area contributed by atoms with Gasteiger partial charge in [0.1, 0.15) is 0 Å². The van der Waals surface area contributed by atoms with Gasteiger partial charge in [0.15, 0.2) is 0 Å². The fraction of sp³-hybridized carbons (Fsp3) is 0.750. The highest BCUT2D eigenvalue weighted by Gasteiger charge is 2.38. The maximum atomic E-state index is 11.4. The van der Waals surface area contributed by atoms with Crippen molar-refractivity contribution in [1.82, 2.24) is 16.0 Å². The van der Waals surface area contributed by atoms with Gasteiger partial charge in [-0.1, -0.05) is 6.92 Å². The molecule has 1 fully saturated rings. The highest BCUT2D eigenvalue weighted by atomic mass is 16.2. The zero-order valence-corrected chi connectivity index (χ0v) is 10.9. The summed E-state index contributed by atoms with van der Waals surface area (Å²) in [5.41, 5.74) is 0. The molecule has 3 amide bonds. The fourth-order valence-corrected chi connectivity index (χ4v) is 1.64. The van der Waals surface area contributed by atoms with Crippen LogP contribution in [-0.4, -0.2) is 37.4 Å². The SMILES string of the molecule is CCNC(=O)CNC(=O)CCNC(=O)[C@H]1C[C@@H]1C. The van der Waals surface area contributed by atoms with Crippen LogP contribution in [-0.2, 0) is 14.4 Å². The zero-order chi connectivity index (χ0) is 13.5. The van der Waals surface area contributed by atoms with E-state index in [1.807, 2.05) is 13.8 Å². The molecule has 0 radical (unpaired) electrons. The molecule has 3 N–H and O–H groups in total. The predicted octanol–water partition coefficient (Wildman–Crippen LogP) is -0.599. The largest absolute Gasteiger partial charge is 0.355 e. The lowest BCUT2D eigenvalue weighted by molar-refractivity contribution is -0.126. The predicted molar refractivity (Wildman–Crippen MR) is 66.6 cm³/mol. The van der Waals surface area contributed by atoms with E-state index in [4.69, 9.17) is 0 Å². The maximum absolute atomic E-state index is 11.4. The Labute approximate surface area is 107 Å². The van der Waals surface area contributed by atoms with Gasteiger partial charge in [-0.15, -0.1) is 0 Å². The van der Waals surface area contributed by atoms with Crippen LogP contribution < -0.4 is 16.0 Å². The molecule has 0 unspecified atom stereocenters. The van der Waals surface area contributed by atoms with Crippen LogP contribution in [0.5, 0.6) is 0 Å². The Morgan fingerprint density at radius 2 is 1.78 bits per heavy atom. The highest BCUT2D eigenvalue weighted by molar-refractivity contribution is 5.85. The minimum atomic E-state index is -0.231. The summed E-state index contributed by atoms with van der Waals surface area (Å²) in [6.07, 6.45) is 1.14. The monoisotopic (exact) mass is 255 g/mol. The molecular weight excluding hydrogens is 234 g/mol. The molecule has 102 valence electrons. The van der Waals surface area contributed by atoms with Crippen LogP contribution in [0.1, 0.15) is 26.7 Å². The average molecular weight is 255 g/mol. The number of hydrogen-bond donors (Lipinski definition) is 3. The molecule has 0 bridgehead atoms. The summed E-state index contributed by atoms with van der Waals surface area (Å²) in [5.74, 6) is 0.186. The van der Waals surface area contributed by atoms with Crippen LogP contribution in [0.2, 0.25) is 0 Å². The van der Waals surface area contributed by atoms with Crippen molar-refractivity contribution in [3.05, 3.63) is 0 Å². The highest BCUT2D eigenvalue weighted by Crippen LogP contribution is 2.37. The molecule has 6 nitrogen and oxygen atoms in total. The summed E-state index contributed by atoms with van der Waals surface area (Å²) < 4.78 is 0. The molecule has 0 aromatic carbocycles. The Morgan fingerprint density at radius 3 is 2.33 bits per heavy atom. The van der Waals surface area contributed by atoms with Crippen LogP contribution in [0, 0.1) is 11.8 Å². The third-order valence-electron chi connectivity index (χ3n) is 2.92. The third-order valence-corrected chi connectivity index (χ3v) is 2.92. The molecular formula is C12H21N3O3. The smallest absolute Gasteiger partial charge is 0.239 e. The molecule has 0 aromatic heterocycles. The number of amides is 3. The van der Waals surface area contributed by atoms with E-state index in [2.05, 4.69) is 16.0 Å². The van der Waals surface area contributed by atoms with Gasteiger partial charge in [-0.2, -0.15) is 0 Å². The van der Waals surface area contributed by atoms with Gasteiger partial charge in [0.25, 0.3) is 0 Å². The number of hydrogen-bond acceptors (Lipinski definition) is 3. The molecule has 2 atom stereocenters. The summed E-state index contributed by atoms with van der Waals surface area (Å²) >= 11 is 0. The Balaban J connectivity index is 2.03. The Hall–Kier alpha value is -1.59. The first-order chi connectivity index (χ1) is 8.54. The lowest BCUT2D eigenvalue weighted by Crippen LogP contribution is -2.38. The van der Waals surface area contributed by atoms with Gasteiger partial charge in [-0.3, -0.25) is 14.4 Å². The van der Waals surface area contributed by atoms with Crippen LogP contribution in [0.15, 0.2) is 0 Å². The molecule has 1 rings (SSSR count). The lowest BCUT2D eigenvalue weighted by atomic mass is 10.3. The first-order valence-electron chi connectivity index (χ1n) is 6.35. The van der Waals surface area contributed by atoms with Crippen molar-refractivity contribution < 1.29 is 14.4 Å². The van der Waals surface area contributed by atoms with Crippen molar-refractivity contribution in [2.45, 2.75) is 26.7 Å². The van der Waals surface area contributed by atoms with Crippen molar-refractivity contribution in [3.63, 3.8) is 0 Å². The van der Waals surface area contributed by atoms with Gasteiger partial charge >= 0.3 is 0 Å². The average Bonchev–Trinajstić information content (AvgIpc) is 3.04. The van der Waals surface area contributed by atoms with Crippen molar-refractivity contribution >= 4 is 17.7 Å². The van der Waals surface area contributed by atoms with E-state index >= 15 is 0 Å². The van der Waals surface area contributed by atoms with Crippen LogP contribution in [0.4, 0.5) is 0 Å². The Bertz CT molecular complexity index is 331. The lowest BCUT2D eigenvalue weighted by Gasteiger charge is -2.06. The van der Waals surface area contributed by atoms with E-state index in [-0.39, 0.29) is 36.6 Å².